The van der Waals surface area contributed by atoms with E-state index in [-0.39, 0.29) is 28.5 Å². The van der Waals surface area contributed by atoms with Crippen LogP contribution in [0.4, 0.5) is 11.4 Å². The van der Waals surface area contributed by atoms with Crippen LogP contribution in [0, 0.1) is 15.5 Å². The smallest absolute Gasteiger partial charge is 0.336 e. The van der Waals surface area contributed by atoms with Crippen LogP contribution in [-0.4, -0.2) is 36.0 Å². The lowest BCUT2D eigenvalue weighted by atomic mass is 9.95. The molecule has 0 aliphatic carbocycles. The molecule has 0 saturated heterocycles. The Morgan fingerprint density at radius 2 is 1.65 bits per heavy atom. The highest BCUT2D eigenvalue weighted by molar-refractivity contribution is 5.97. The molecule has 0 radical (unpaired) electrons. The van der Waals surface area contributed by atoms with E-state index in [0.29, 0.717) is 11.4 Å². The average molecular weight is 545 g/mol. The molecule has 3 rings (SSSR count). The molecule has 0 saturated carbocycles. The van der Waals surface area contributed by atoms with Crippen molar-refractivity contribution in [3.63, 3.8) is 0 Å². The molecule has 0 unspecified atom stereocenters. The molecule has 2 N–H and O–H groups in total. The van der Waals surface area contributed by atoms with Crippen molar-refractivity contribution in [2.24, 2.45) is 10.5 Å². The number of esters is 1. The molecule has 0 aromatic heterocycles. The monoisotopic (exact) mass is 544 g/mol. The van der Waals surface area contributed by atoms with Crippen LogP contribution in [0.15, 0.2) is 77.9 Å². The highest BCUT2D eigenvalue weighted by Crippen LogP contribution is 2.23. The van der Waals surface area contributed by atoms with Gasteiger partial charge in [0.2, 0.25) is 5.91 Å². The number of nitro groups is 1. The molecule has 0 heterocycles. The summed E-state index contributed by atoms with van der Waals surface area (Å²) in [4.78, 5) is 47.7. The van der Waals surface area contributed by atoms with E-state index in [4.69, 9.17) is 9.47 Å². The van der Waals surface area contributed by atoms with Gasteiger partial charge in [-0.2, -0.15) is 5.10 Å². The van der Waals surface area contributed by atoms with Gasteiger partial charge in [0.1, 0.15) is 11.5 Å². The number of nitrogens with zero attached hydrogens (tertiary/aromatic N) is 2. The minimum Gasteiger partial charge on any atom is -0.497 e. The third kappa shape index (κ3) is 8.35. The Balaban J connectivity index is 1.69. The molecule has 2 amide bonds. The molecule has 11 heteroatoms. The molecule has 0 aliphatic heterocycles. The number of anilines is 1. The number of non-ortho nitro benzene ring substituents is 1. The maximum absolute atomic E-state index is 12.5. The van der Waals surface area contributed by atoms with Crippen molar-refractivity contribution in [1.29, 1.82) is 0 Å². The molecule has 3 aromatic carbocycles. The number of carbonyl (C=O) groups excluding carboxylic acids is 3. The summed E-state index contributed by atoms with van der Waals surface area (Å²) in [7, 11) is 1.55. The first-order valence-corrected chi connectivity index (χ1v) is 12.0. The summed E-state index contributed by atoms with van der Waals surface area (Å²) < 4.78 is 10.4. The molecule has 0 spiro atoms. The molecule has 3 aromatic rings. The van der Waals surface area contributed by atoms with E-state index >= 15 is 0 Å². The number of ether oxygens (including phenoxy) is 2. The van der Waals surface area contributed by atoms with E-state index in [0.717, 1.165) is 17.8 Å². The van der Waals surface area contributed by atoms with Crippen LogP contribution in [0.25, 0.3) is 6.08 Å². The second-order valence-electron chi connectivity index (χ2n) is 9.49. The largest absolute Gasteiger partial charge is 0.497 e. The van der Waals surface area contributed by atoms with Gasteiger partial charge in [-0.05, 0) is 54.1 Å². The van der Waals surface area contributed by atoms with Crippen LogP contribution in [0.2, 0.25) is 0 Å². The molecule has 11 nitrogen and oxygen atoms in total. The van der Waals surface area contributed by atoms with Gasteiger partial charge in [-0.3, -0.25) is 19.7 Å². The summed E-state index contributed by atoms with van der Waals surface area (Å²) >= 11 is 0. The van der Waals surface area contributed by atoms with E-state index in [1.165, 1.54) is 30.3 Å². The van der Waals surface area contributed by atoms with Gasteiger partial charge >= 0.3 is 5.97 Å². The fraction of sp³-hybridized carbons (Fsp3) is 0.172. The van der Waals surface area contributed by atoms with Gasteiger partial charge < -0.3 is 14.8 Å². The van der Waals surface area contributed by atoms with Crippen molar-refractivity contribution in [2.45, 2.75) is 20.8 Å². The van der Waals surface area contributed by atoms with E-state index < -0.39 is 22.2 Å². The van der Waals surface area contributed by atoms with E-state index in [2.05, 4.69) is 15.8 Å². The Labute approximate surface area is 230 Å². The lowest BCUT2D eigenvalue weighted by molar-refractivity contribution is -0.384. The number of carbonyl (C=O) groups is 3. The van der Waals surface area contributed by atoms with E-state index in [1.54, 1.807) is 70.4 Å². The summed E-state index contributed by atoms with van der Waals surface area (Å²) in [5.74, 6) is -0.771. The summed E-state index contributed by atoms with van der Waals surface area (Å²) in [6, 6.07) is 16.8. The van der Waals surface area contributed by atoms with Crippen molar-refractivity contribution in [2.75, 3.05) is 12.4 Å². The topological polar surface area (TPSA) is 149 Å². The van der Waals surface area contributed by atoms with Crippen molar-refractivity contribution in [1.82, 2.24) is 5.43 Å². The molecule has 0 fully saturated rings. The zero-order valence-electron chi connectivity index (χ0n) is 22.3. The zero-order chi connectivity index (χ0) is 29.3. The highest BCUT2D eigenvalue weighted by Gasteiger charge is 2.21. The SMILES string of the molecule is COc1ccc(/C=C/C(=O)Oc2ccc([N+](=O)[O-])cc2/C=N/NC(=O)c2ccc(NC(=O)C(C)(C)C)cc2)cc1. The van der Waals surface area contributed by atoms with Crippen LogP contribution in [0.1, 0.15) is 42.3 Å². The highest BCUT2D eigenvalue weighted by atomic mass is 16.6. The van der Waals surface area contributed by atoms with Crippen molar-refractivity contribution in [3.8, 4) is 11.5 Å². The number of nitrogens with one attached hydrogen (secondary N) is 2. The Kier molecular flexibility index (Phi) is 9.47. The number of amides is 2. The van der Waals surface area contributed by atoms with Gasteiger partial charge in [0, 0.05) is 40.4 Å². The van der Waals surface area contributed by atoms with Crippen LogP contribution < -0.4 is 20.2 Å². The molecule has 206 valence electrons. The predicted octanol–water partition coefficient (Wildman–Crippen LogP) is 4.97. The van der Waals surface area contributed by atoms with Gasteiger partial charge in [-0.1, -0.05) is 32.9 Å². The van der Waals surface area contributed by atoms with Gasteiger partial charge in [0.05, 0.1) is 18.2 Å². The molecule has 0 atom stereocenters. The first-order chi connectivity index (χ1) is 19.0. The summed E-state index contributed by atoms with van der Waals surface area (Å²) in [5, 5.41) is 17.9. The Bertz CT molecular complexity index is 1460. The van der Waals surface area contributed by atoms with Gasteiger partial charge in [0.25, 0.3) is 11.6 Å². The third-order valence-electron chi connectivity index (χ3n) is 5.40. The maximum atomic E-state index is 12.5. The molecule has 0 bridgehead atoms. The number of hydrogen-bond acceptors (Lipinski definition) is 8. The Hall–Kier alpha value is -5.32. The zero-order valence-corrected chi connectivity index (χ0v) is 22.3. The van der Waals surface area contributed by atoms with Gasteiger partial charge in [-0.25, -0.2) is 10.2 Å². The minimum atomic E-state index is -0.720. The van der Waals surface area contributed by atoms with E-state index in [9.17, 15) is 24.5 Å². The van der Waals surface area contributed by atoms with Crippen LogP contribution >= 0.6 is 0 Å². The quantitative estimate of drug-likeness (QED) is 0.0964. The lowest BCUT2D eigenvalue weighted by Gasteiger charge is -2.17. The summed E-state index contributed by atoms with van der Waals surface area (Å²) in [6.07, 6.45) is 3.89. The van der Waals surface area contributed by atoms with Crippen molar-refractivity contribution in [3.05, 3.63) is 99.6 Å². The standard InChI is InChI=1S/C29H28N4O7/c1-29(2,3)28(36)31-22-10-8-20(9-11-22)27(35)32-30-18-21-17-23(33(37)38)12-15-25(21)40-26(34)16-7-19-5-13-24(39-4)14-6-19/h5-18H,1-4H3,(H,31,36)(H,32,35)/b16-7+,30-18+. The number of hydrazone groups is 1. The molecular weight excluding hydrogens is 516 g/mol. The van der Waals surface area contributed by atoms with Crippen LogP contribution in [0.3, 0.4) is 0 Å². The Morgan fingerprint density at radius 3 is 2.25 bits per heavy atom. The van der Waals surface area contributed by atoms with E-state index in [1.807, 2.05) is 0 Å². The summed E-state index contributed by atoms with van der Waals surface area (Å²) in [6.45, 7) is 5.36. The molecule has 40 heavy (non-hydrogen) atoms. The fourth-order valence-electron chi connectivity index (χ4n) is 3.11. The second-order valence-corrected chi connectivity index (χ2v) is 9.49. The number of rotatable bonds is 9. The molecular formula is C29H28N4O7. The van der Waals surface area contributed by atoms with Gasteiger partial charge in [-0.15, -0.1) is 0 Å². The van der Waals surface area contributed by atoms with Crippen molar-refractivity contribution >= 4 is 41.4 Å². The average Bonchev–Trinajstić information content (AvgIpc) is 2.92. The van der Waals surface area contributed by atoms with Crippen molar-refractivity contribution < 1.29 is 28.8 Å². The maximum Gasteiger partial charge on any atom is 0.336 e. The van der Waals surface area contributed by atoms with Gasteiger partial charge in [0.15, 0.2) is 0 Å². The lowest BCUT2D eigenvalue weighted by Crippen LogP contribution is -2.27. The van der Waals surface area contributed by atoms with Crippen LogP contribution in [0.5, 0.6) is 11.5 Å². The number of nitro benzene ring substituents is 1. The number of methoxy groups -OCH3 is 1. The number of benzene rings is 3. The minimum absolute atomic E-state index is 0.00641. The first-order valence-electron chi connectivity index (χ1n) is 12.0. The first kappa shape index (κ1) is 29.2. The number of hydrogen-bond donors (Lipinski definition) is 2. The molecule has 0 aliphatic rings. The van der Waals surface area contributed by atoms with Crippen LogP contribution in [-0.2, 0) is 9.59 Å². The normalized spacial score (nSPS) is 11.3. The predicted molar refractivity (Wildman–Crippen MR) is 150 cm³/mol. The third-order valence-corrected chi connectivity index (χ3v) is 5.40. The second kappa shape index (κ2) is 13.0. The summed E-state index contributed by atoms with van der Waals surface area (Å²) in [5.41, 5.74) is 3.12. The Morgan fingerprint density at radius 1 is 0.975 bits per heavy atom. The fourth-order valence-corrected chi connectivity index (χ4v) is 3.11.